The highest BCUT2D eigenvalue weighted by Gasteiger charge is 2.27. The van der Waals surface area contributed by atoms with Gasteiger partial charge in [0.2, 0.25) is 5.91 Å². The fraction of sp³-hybridized carbons (Fsp3) is 0.650. The molecule has 0 bridgehead atoms. The number of piperazine rings is 1. The average molecular weight is 383 g/mol. The molecule has 0 saturated carbocycles. The minimum Gasteiger partial charge on any atom is -0.381 e. The van der Waals surface area contributed by atoms with E-state index in [0.717, 1.165) is 52.1 Å². The number of nitrogens with one attached hydrogen (secondary N) is 1. The maximum absolute atomic E-state index is 12.7. The Hall–Kier alpha value is -1.14. The summed E-state index contributed by atoms with van der Waals surface area (Å²) in [7, 11) is 0. The molecule has 2 saturated heterocycles. The van der Waals surface area contributed by atoms with Gasteiger partial charge in [-0.3, -0.25) is 4.79 Å². The Labute approximate surface area is 162 Å². The molecule has 2 aliphatic rings. The van der Waals surface area contributed by atoms with Crippen molar-refractivity contribution in [2.45, 2.75) is 44.8 Å². The van der Waals surface area contributed by atoms with Crippen molar-refractivity contribution in [3.05, 3.63) is 35.4 Å². The summed E-state index contributed by atoms with van der Waals surface area (Å²) in [5.41, 5.74) is 2.54. The number of halogens is 1. The third kappa shape index (κ3) is 5.68. The number of hydrogen-bond donors (Lipinski definition) is 1. The molecule has 2 aliphatic heterocycles. The Morgan fingerprint density at radius 1 is 1.27 bits per heavy atom. The van der Waals surface area contributed by atoms with Crippen molar-refractivity contribution in [1.29, 1.82) is 0 Å². The third-order valence-corrected chi connectivity index (χ3v) is 5.17. The lowest BCUT2D eigenvalue weighted by Gasteiger charge is -2.37. The molecule has 1 aromatic rings. The Morgan fingerprint density at radius 2 is 2.00 bits per heavy atom. The Bertz CT molecular complexity index is 546. The van der Waals surface area contributed by atoms with E-state index < -0.39 is 0 Å². The van der Waals surface area contributed by atoms with E-state index in [1.165, 1.54) is 11.1 Å². The molecule has 1 unspecified atom stereocenters. The lowest BCUT2D eigenvalue weighted by atomic mass is 10.0. The van der Waals surface area contributed by atoms with Crippen LogP contribution in [0, 0.1) is 0 Å². The number of carbonyl (C=O) groups is 1. The van der Waals surface area contributed by atoms with Gasteiger partial charge in [-0.1, -0.05) is 31.2 Å². The second kappa shape index (κ2) is 10.9. The largest absolute Gasteiger partial charge is 0.381 e. The molecular formula is C20H31ClN2O3. The fourth-order valence-electron chi connectivity index (χ4n) is 3.58. The second-order valence-electron chi connectivity index (χ2n) is 6.83. The molecule has 1 amide bonds. The highest BCUT2D eigenvalue weighted by Crippen LogP contribution is 2.24. The van der Waals surface area contributed by atoms with Gasteiger partial charge in [-0.25, -0.2) is 0 Å². The van der Waals surface area contributed by atoms with Gasteiger partial charge in [-0.15, -0.1) is 12.4 Å². The number of nitrogens with zero attached hydrogens (tertiary/aromatic N) is 1. The predicted octanol–water partition coefficient (Wildman–Crippen LogP) is 2.73. The highest BCUT2D eigenvalue weighted by atomic mass is 35.5. The summed E-state index contributed by atoms with van der Waals surface area (Å²) in [6.45, 7) is 6.64. The van der Waals surface area contributed by atoms with Crippen molar-refractivity contribution in [2.24, 2.45) is 0 Å². The van der Waals surface area contributed by atoms with Crippen molar-refractivity contribution in [2.75, 3.05) is 39.5 Å². The van der Waals surface area contributed by atoms with Gasteiger partial charge in [0.25, 0.3) is 0 Å². The highest BCUT2D eigenvalue weighted by molar-refractivity contribution is 5.85. The minimum absolute atomic E-state index is 0. The number of ether oxygens (including phenoxy) is 2. The maximum Gasteiger partial charge on any atom is 0.225 e. The molecule has 0 spiro atoms. The van der Waals surface area contributed by atoms with E-state index in [4.69, 9.17) is 9.47 Å². The van der Waals surface area contributed by atoms with E-state index in [1.54, 1.807) is 0 Å². The van der Waals surface area contributed by atoms with Gasteiger partial charge < -0.3 is 19.7 Å². The van der Waals surface area contributed by atoms with Crippen LogP contribution < -0.4 is 5.32 Å². The van der Waals surface area contributed by atoms with Crippen molar-refractivity contribution in [3.63, 3.8) is 0 Å². The van der Waals surface area contributed by atoms with Crippen LogP contribution in [0.3, 0.4) is 0 Å². The summed E-state index contributed by atoms with van der Waals surface area (Å²) >= 11 is 0. The normalized spacial score (nSPS) is 21.3. The maximum atomic E-state index is 12.7. The van der Waals surface area contributed by atoms with Crippen LogP contribution in [0.5, 0.6) is 0 Å². The van der Waals surface area contributed by atoms with E-state index >= 15 is 0 Å². The smallest absolute Gasteiger partial charge is 0.225 e. The quantitative estimate of drug-likeness (QED) is 0.821. The van der Waals surface area contributed by atoms with Crippen LogP contribution in [0.15, 0.2) is 24.3 Å². The molecule has 146 valence electrons. The summed E-state index contributed by atoms with van der Waals surface area (Å²) in [5.74, 6) is 0.193. The van der Waals surface area contributed by atoms with Crippen molar-refractivity contribution in [3.8, 4) is 0 Å². The standard InChI is InChI=1S/C20H30N2O3.ClH/c1-2-16-3-5-17(6-4-16)19-15-21-10-11-22(19)20(23)9-14-25-18-7-12-24-13-8-18;/h3-6,18-19,21H,2,7-15H2,1H3;1H. The molecule has 2 fully saturated rings. The van der Waals surface area contributed by atoms with Crippen LogP contribution in [0.1, 0.15) is 43.4 Å². The lowest BCUT2D eigenvalue weighted by Crippen LogP contribution is -2.49. The molecule has 1 N–H and O–H groups in total. The molecule has 0 radical (unpaired) electrons. The molecule has 1 atom stereocenters. The summed E-state index contributed by atoms with van der Waals surface area (Å²) < 4.78 is 11.2. The van der Waals surface area contributed by atoms with Gasteiger partial charge in [-0.2, -0.15) is 0 Å². The molecule has 26 heavy (non-hydrogen) atoms. The zero-order chi connectivity index (χ0) is 17.5. The number of amides is 1. The SMILES string of the molecule is CCc1ccc(C2CNCCN2C(=O)CCOC2CCOCC2)cc1.Cl. The third-order valence-electron chi connectivity index (χ3n) is 5.17. The van der Waals surface area contributed by atoms with Crippen molar-refractivity contribution >= 4 is 18.3 Å². The lowest BCUT2D eigenvalue weighted by molar-refractivity contribution is -0.136. The Morgan fingerprint density at radius 3 is 2.69 bits per heavy atom. The molecule has 5 nitrogen and oxygen atoms in total. The molecule has 2 heterocycles. The monoisotopic (exact) mass is 382 g/mol. The predicted molar refractivity (Wildman–Crippen MR) is 105 cm³/mol. The number of carbonyl (C=O) groups excluding carboxylic acids is 1. The van der Waals surface area contributed by atoms with Crippen molar-refractivity contribution < 1.29 is 14.3 Å². The summed E-state index contributed by atoms with van der Waals surface area (Å²) in [4.78, 5) is 14.8. The van der Waals surface area contributed by atoms with Gasteiger partial charge in [0, 0.05) is 32.8 Å². The van der Waals surface area contributed by atoms with Crippen LogP contribution in [-0.4, -0.2) is 56.4 Å². The number of benzene rings is 1. The molecule has 0 aliphatic carbocycles. The topological polar surface area (TPSA) is 50.8 Å². The molecule has 0 aromatic heterocycles. The zero-order valence-electron chi connectivity index (χ0n) is 15.6. The molecular weight excluding hydrogens is 352 g/mol. The van der Waals surface area contributed by atoms with Crippen LogP contribution in [0.2, 0.25) is 0 Å². The number of rotatable bonds is 6. The summed E-state index contributed by atoms with van der Waals surface area (Å²) in [6.07, 6.45) is 3.63. The molecule has 1 aromatic carbocycles. The summed E-state index contributed by atoms with van der Waals surface area (Å²) in [5, 5.41) is 3.42. The number of aryl methyl sites for hydroxylation is 1. The van der Waals surface area contributed by atoms with Crippen LogP contribution in [0.4, 0.5) is 0 Å². The van der Waals surface area contributed by atoms with Gasteiger partial charge >= 0.3 is 0 Å². The van der Waals surface area contributed by atoms with E-state index in [9.17, 15) is 4.79 Å². The van der Waals surface area contributed by atoms with Crippen molar-refractivity contribution in [1.82, 2.24) is 10.2 Å². The van der Waals surface area contributed by atoms with Gasteiger partial charge in [0.05, 0.1) is 25.2 Å². The van der Waals surface area contributed by atoms with Gasteiger partial charge in [0.1, 0.15) is 0 Å². The van der Waals surface area contributed by atoms with E-state index in [2.05, 4.69) is 36.5 Å². The van der Waals surface area contributed by atoms with Crippen LogP contribution >= 0.6 is 12.4 Å². The number of hydrogen-bond acceptors (Lipinski definition) is 4. The van der Waals surface area contributed by atoms with Gasteiger partial charge in [0.15, 0.2) is 0 Å². The van der Waals surface area contributed by atoms with E-state index in [-0.39, 0.29) is 30.5 Å². The van der Waals surface area contributed by atoms with E-state index in [0.29, 0.717) is 13.0 Å². The first-order chi connectivity index (χ1) is 12.3. The first-order valence-corrected chi connectivity index (χ1v) is 9.56. The molecule has 3 rings (SSSR count). The Balaban J connectivity index is 0.00000243. The van der Waals surface area contributed by atoms with Crippen LogP contribution in [-0.2, 0) is 20.7 Å². The average Bonchev–Trinajstić information content (AvgIpc) is 2.69. The van der Waals surface area contributed by atoms with E-state index in [1.807, 2.05) is 4.90 Å². The fourth-order valence-corrected chi connectivity index (χ4v) is 3.58. The second-order valence-corrected chi connectivity index (χ2v) is 6.83. The first-order valence-electron chi connectivity index (χ1n) is 9.56. The summed E-state index contributed by atoms with van der Waals surface area (Å²) in [6, 6.07) is 8.78. The Kier molecular flexibility index (Phi) is 8.85. The minimum atomic E-state index is 0. The van der Waals surface area contributed by atoms with Crippen LogP contribution in [0.25, 0.3) is 0 Å². The zero-order valence-corrected chi connectivity index (χ0v) is 16.4. The molecule has 6 heteroatoms. The first kappa shape index (κ1) is 21.2. The van der Waals surface area contributed by atoms with Gasteiger partial charge in [-0.05, 0) is 30.4 Å².